The maximum atomic E-state index is 12.9. The van der Waals surface area contributed by atoms with Gasteiger partial charge < -0.3 is 9.67 Å². The van der Waals surface area contributed by atoms with Crippen LogP contribution in [-0.2, 0) is 17.1 Å². The highest BCUT2D eigenvalue weighted by Gasteiger charge is 2.34. The minimum absolute atomic E-state index is 0.111. The Morgan fingerprint density at radius 3 is 2.71 bits per heavy atom. The van der Waals surface area contributed by atoms with E-state index in [4.69, 9.17) is 0 Å². The first-order valence-electron chi connectivity index (χ1n) is 7.52. The molecule has 0 radical (unpaired) electrons. The molecule has 2 rings (SSSR count). The third-order valence-corrected chi connectivity index (χ3v) is 5.92. The number of aliphatic hydroxyl groups is 1. The molecule has 0 saturated carbocycles. The standard InChI is InChI=1S/C14H25N3O3S/c1-11(18)9-13-7-5-4-6-8-17(13)21(19,20)14-10-16(3)12(2)15-14/h10-11,13,18H,4-9H2,1-3H3. The van der Waals surface area contributed by atoms with Crippen molar-refractivity contribution in [2.75, 3.05) is 6.54 Å². The molecule has 1 N–H and O–H groups in total. The molecule has 0 spiro atoms. The Balaban J connectivity index is 2.33. The molecule has 6 nitrogen and oxygen atoms in total. The molecule has 0 amide bonds. The summed E-state index contributed by atoms with van der Waals surface area (Å²) >= 11 is 0. The highest BCUT2D eigenvalue weighted by atomic mass is 32.2. The molecular weight excluding hydrogens is 290 g/mol. The van der Waals surface area contributed by atoms with Gasteiger partial charge in [-0.2, -0.15) is 4.31 Å². The third kappa shape index (κ3) is 3.64. The topological polar surface area (TPSA) is 75.4 Å². The predicted octanol–water partition coefficient (Wildman–Crippen LogP) is 1.43. The number of sulfonamides is 1. The summed E-state index contributed by atoms with van der Waals surface area (Å²) in [4.78, 5) is 4.17. The van der Waals surface area contributed by atoms with Gasteiger partial charge in [-0.1, -0.05) is 12.8 Å². The molecule has 120 valence electrons. The Bertz CT molecular complexity index is 561. The Labute approximate surface area is 126 Å². The molecule has 1 aliphatic rings. The fraction of sp³-hybridized carbons (Fsp3) is 0.786. The van der Waals surface area contributed by atoms with Gasteiger partial charge in [-0.25, -0.2) is 13.4 Å². The van der Waals surface area contributed by atoms with E-state index in [-0.39, 0.29) is 11.1 Å². The molecule has 21 heavy (non-hydrogen) atoms. The van der Waals surface area contributed by atoms with Gasteiger partial charge in [0.25, 0.3) is 10.0 Å². The quantitative estimate of drug-likeness (QED) is 0.912. The normalized spacial score (nSPS) is 23.0. The molecule has 1 aromatic rings. The van der Waals surface area contributed by atoms with Crippen molar-refractivity contribution in [3.8, 4) is 0 Å². The fourth-order valence-corrected chi connectivity index (χ4v) is 4.60. The highest BCUT2D eigenvalue weighted by Crippen LogP contribution is 2.26. The van der Waals surface area contributed by atoms with Gasteiger partial charge in [0.15, 0.2) is 5.03 Å². The first kappa shape index (κ1) is 16.5. The zero-order valence-corrected chi connectivity index (χ0v) is 13.8. The van der Waals surface area contributed by atoms with Crippen molar-refractivity contribution in [1.29, 1.82) is 0 Å². The first-order chi connectivity index (χ1) is 9.82. The molecule has 0 aliphatic carbocycles. The molecule has 1 aromatic heterocycles. The Kier molecular flexibility index (Phi) is 5.06. The number of hydrogen-bond donors (Lipinski definition) is 1. The van der Waals surface area contributed by atoms with E-state index in [9.17, 15) is 13.5 Å². The lowest BCUT2D eigenvalue weighted by atomic mass is 10.1. The number of rotatable bonds is 4. The monoisotopic (exact) mass is 315 g/mol. The zero-order valence-electron chi connectivity index (χ0n) is 13.0. The van der Waals surface area contributed by atoms with E-state index in [2.05, 4.69) is 4.98 Å². The molecule has 2 heterocycles. The van der Waals surface area contributed by atoms with Crippen LogP contribution in [-0.4, -0.2) is 46.1 Å². The number of hydrogen-bond acceptors (Lipinski definition) is 4. The van der Waals surface area contributed by atoms with Crippen LogP contribution in [0.3, 0.4) is 0 Å². The Hall–Kier alpha value is -0.920. The largest absolute Gasteiger partial charge is 0.393 e. The lowest BCUT2D eigenvalue weighted by Gasteiger charge is -2.29. The average molecular weight is 315 g/mol. The van der Waals surface area contributed by atoms with Crippen LogP contribution in [0, 0.1) is 6.92 Å². The van der Waals surface area contributed by atoms with Gasteiger partial charge in [0, 0.05) is 25.8 Å². The summed E-state index contributed by atoms with van der Waals surface area (Å²) < 4.78 is 29.0. The summed E-state index contributed by atoms with van der Waals surface area (Å²) in [5, 5.41) is 9.77. The SMILES string of the molecule is Cc1nc(S(=O)(=O)N2CCCCCC2CC(C)O)cn1C. The molecular formula is C14H25N3O3S. The second-order valence-electron chi connectivity index (χ2n) is 5.94. The fourth-order valence-electron chi connectivity index (χ4n) is 2.87. The maximum Gasteiger partial charge on any atom is 0.262 e. The second kappa shape index (κ2) is 6.46. The van der Waals surface area contributed by atoms with Gasteiger partial charge in [0.2, 0.25) is 0 Å². The zero-order chi connectivity index (χ0) is 15.6. The molecule has 2 atom stereocenters. The van der Waals surface area contributed by atoms with Crippen molar-refractivity contribution < 1.29 is 13.5 Å². The van der Waals surface area contributed by atoms with Crippen molar-refractivity contribution in [2.24, 2.45) is 7.05 Å². The first-order valence-corrected chi connectivity index (χ1v) is 8.96. The van der Waals surface area contributed by atoms with E-state index in [1.807, 2.05) is 0 Å². The van der Waals surface area contributed by atoms with Crippen LogP contribution in [0.5, 0.6) is 0 Å². The van der Waals surface area contributed by atoms with Crippen LogP contribution >= 0.6 is 0 Å². The number of aromatic nitrogens is 2. The lowest BCUT2D eigenvalue weighted by Crippen LogP contribution is -2.41. The summed E-state index contributed by atoms with van der Waals surface area (Å²) in [6, 6.07) is -0.139. The molecule has 0 bridgehead atoms. The average Bonchev–Trinajstić information content (AvgIpc) is 2.61. The summed E-state index contributed by atoms with van der Waals surface area (Å²) in [5.74, 6) is 0.676. The Morgan fingerprint density at radius 2 is 2.14 bits per heavy atom. The molecule has 0 aromatic carbocycles. The van der Waals surface area contributed by atoms with Crippen molar-refractivity contribution in [3.63, 3.8) is 0 Å². The second-order valence-corrected chi connectivity index (χ2v) is 7.78. The van der Waals surface area contributed by atoms with Gasteiger partial charge >= 0.3 is 0 Å². The molecule has 1 fully saturated rings. The highest BCUT2D eigenvalue weighted by molar-refractivity contribution is 7.89. The minimum Gasteiger partial charge on any atom is -0.393 e. The third-order valence-electron chi connectivity index (χ3n) is 4.10. The van der Waals surface area contributed by atoms with E-state index < -0.39 is 16.1 Å². The number of imidazole rings is 1. The lowest BCUT2D eigenvalue weighted by molar-refractivity contribution is 0.147. The van der Waals surface area contributed by atoms with Gasteiger partial charge in [0.1, 0.15) is 5.82 Å². The van der Waals surface area contributed by atoms with Gasteiger partial charge in [-0.3, -0.25) is 0 Å². The van der Waals surface area contributed by atoms with E-state index in [0.717, 1.165) is 25.7 Å². The summed E-state index contributed by atoms with van der Waals surface area (Å²) in [6.07, 6.45) is 5.24. The number of aryl methyl sites for hydroxylation is 2. The van der Waals surface area contributed by atoms with Crippen molar-refractivity contribution in [1.82, 2.24) is 13.9 Å². The molecule has 2 unspecified atom stereocenters. The van der Waals surface area contributed by atoms with E-state index in [1.54, 1.807) is 36.0 Å². The van der Waals surface area contributed by atoms with Crippen molar-refractivity contribution >= 4 is 10.0 Å². The smallest absolute Gasteiger partial charge is 0.262 e. The van der Waals surface area contributed by atoms with Crippen LogP contribution in [0.2, 0.25) is 0 Å². The molecule has 7 heteroatoms. The Morgan fingerprint density at radius 1 is 1.43 bits per heavy atom. The maximum absolute atomic E-state index is 12.9. The minimum atomic E-state index is -3.59. The van der Waals surface area contributed by atoms with Crippen LogP contribution < -0.4 is 0 Å². The summed E-state index contributed by atoms with van der Waals surface area (Å²) in [6.45, 7) is 4.00. The summed E-state index contributed by atoms with van der Waals surface area (Å²) in [5.41, 5.74) is 0. The summed E-state index contributed by atoms with van der Waals surface area (Å²) in [7, 11) is -1.80. The van der Waals surface area contributed by atoms with Crippen molar-refractivity contribution in [3.05, 3.63) is 12.0 Å². The van der Waals surface area contributed by atoms with Crippen LogP contribution in [0.1, 0.15) is 44.9 Å². The van der Waals surface area contributed by atoms with Crippen LogP contribution in [0.25, 0.3) is 0 Å². The van der Waals surface area contributed by atoms with E-state index in [1.165, 1.54) is 0 Å². The predicted molar refractivity (Wildman–Crippen MR) is 80.4 cm³/mol. The van der Waals surface area contributed by atoms with Gasteiger partial charge in [-0.05, 0) is 33.1 Å². The number of nitrogens with zero attached hydrogens (tertiary/aromatic N) is 3. The van der Waals surface area contributed by atoms with Crippen molar-refractivity contribution in [2.45, 2.75) is 63.1 Å². The number of aliphatic hydroxyl groups excluding tert-OH is 1. The van der Waals surface area contributed by atoms with Gasteiger partial charge in [0.05, 0.1) is 6.10 Å². The van der Waals surface area contributed by atoms with Gasteiger partial charge in [-0.15, -0.1) is 0 Å². The van der Waals surface area contributed by atoms with E-state index in [0.29, 0.717) is 18.8 Å². The van der Waals surface area contributed by atoms with Crippen LogP contribution in [0.15, 0.2) is 11.2 Å². The van der Waals surface area contributed by atoms with Crippen LogP contribution in [0.4, 0.5) is 0 Å². The van der Waals surface area contributed by atoms with E-state index >= 15 is 0 Å². The molecule has 1 aliphatic heterocycles. The molecule has 1 saturated heterocycles.